The molecule has 2 heterocycles. The number of anilines is 1. The standard InChI is InChI=1S/C22H14FN3O4S/c23-16-6-8-17(9-7-16)25-21(27)19(14-15-4-2-1-3-5-15)24-22(25)31-13-12-18-10-11-20(30-18)26(28)29/h1-14H/b13-12+,19-14-. The zero-order valence-electron chi connectivity index (χ0n) is 15.8. The highest BCUT2D eigenvalue weighted by Gasteiger charge is 2.31. The number of thioether (sulfide) groups is 1. The van der Waals surface area contributed by atoms with Crippen LogP contribution in [0, 0.1) is 15.9 Å². The van der Waals surface area contributed by atoms with Crippen LogP contribution in [-0.4, -0.2) is 16.0 Å². The number of furan rings is 1. The van der Waals surface area contributed by atoms with Gasteiger partial charge in [-0.3, -0.25) is 19.8 Å². The molecule has 154 valence electrons. The minimum Gasteiger partial charge on any atom is -0.401 e. The lowest BCUT2D eigenvalue weighted by atomic mass is 10.2. The molecule has 0 bridgehead atoms. The smallest absolute Gasteiger partial charge is 0.401 e. The van der Waals surface area contributed by atoms with E-state index in [4.69, 9.17) is 4.42 Å². The average Bonchev–Trinajstić information content (AvgIpc) is 3.35. The third-order valence-corrected chi connectivity index (χ3v) is 4.97. The van der Waals surface area contributed by atoms with E-state index in [-0.39, 0.29) is 23.2 Å². The molecule has 7 nitrogen and oxygen atoms in total. The van der Waals surface area contributed by atoms with Crippen molar-refractivity contribution in [2.24, 2.45) is 4.99 Å². The predicted molar refractivity (Wildman–Crippen MR) is 118 cm³/mol. The van der Waals surface area contributed by atoms with Crippen LogP contribution in [0.3, 0.4) is 0 Å². The van der Waals surface area contributed by atoms with Crippen molar-refractivity contribution in [3.05, 3.63) is 105 Å². The van der Waals surface area contributed by atoms with Gasteiger partial charge in [0, 0.05) is 0 Å². The summed E-state index contributed by atoms with van der Waals surface area (Å²) >= 11 is 1.13. The number of hydrogen-bond acceptors (Lipinski definition) is 6. The first-order chi connectivity index (χ1) is 15.0. The molecule has 31 heavy (non-hydrogen) atoms. The predicted octanol–water partition coefficient (Wildman–Crippen LogP) is 5.47. The fourth-order valence-electron chi connectivity index (χ4n) is 2.79. The molecule has 1 aromatic heterocycles. The molecule has 0 fully saturated rings. The Morgan fingerprint density at radius 1 is 1.06 bits per heavy atom. The van der Waals surface area contributed by atoms with Crippen molar-refractivity contribution >= 4 is 46.6 Å². The van der Waals surface area contributed by atoms with Crippen LogP contribution >= 0.6 is 11.8 Å². The Bertz CT molecular complexity index is 1220. The number of aliphatic imine (C=N–C) groups is 1. The molecule has 9 heteroatoms. The van der Waals surface area contributed by atoms with Crippen molar-refractivity contribution in [3.63, 3.8) is 0 Å². The van der Waals surface area contributed by atoms with Gasteiger partial charge in [-0.1, -0.05) is 42.1 Å². The van der Waals surface area contributed by atoms with Crippen LogP contribution in [0.4, 0.5) is 16.0 Å². The van der Waals surface area contributed by atoms with Crippen molar-refractivity contribution in [2.45, 2.75) is 0 Å². The van der Waals surface area contributed by atoms with Crippen molar-refractivity contribution in [2.75, 3.05) is 4.90 Å². The van der Waals surface area contributed by atoms with E-state index in [9.17, 15) is 19.3 Å². The van der Waals surface area contributed by atoms with Gasteiger partial charge < -0.3 is 4.42 Å². The number of nitro groups is 1. The Kier molecular flexibility index (Phi) is 5.76. The zero-order valence-corrected chi connectivity index (χ0v) is 16.7. The van der Waals surface area contributed by atoms with E-state index in [1.54, 1.807) is 11.5 Å². The molecular weight excluding hydrogens is 421 g/mol. The number of hydrogen-bond donors (Lipinski definition) is 0. The maximum Gasteiger partial charge on any atom is 0.433 e. The van der Waals surface area contributed by atoms with Gasteiger partial charge in [0.1, 0.15) is 22.2 Å². The molecule has 0 saturated carbocycles. The fourth-order valence-corrected chi connectivity index (χ4v) is 3.56. The third-order valence-electron chi connectivity index (χ3n) is 4.22. The van der Waals surface area contributed by atoms with Crippen LogP contribution in [0.1, 0.15) is 11.3 Å². The number of benzene rings is 2. The first-order valence-corrected chi connectivity index (χ1v) is 9.92. The largest absolute Gasteiger partial charge is 0.433 e. The van der Waals surface area contributed by atoms with Gasteiger partial charge in [-0.25, -0.2) is 9.38 Å². The lowest BCUT2D eigenvalue weighted by molar-refractivity contribution is -0.402. The normalized spacial score (nSPS) is 15.1. The van der Waals surface area contributed by atoms with Crippen LogP contribution in [0.5, 0.6) is 0 Å². The quantitative estimate of drug-likeness (QED) is 0.301. The third kappa shape index (κ3) is 4.62. The molecule has 0 N–H and O–H groups in total. The Balaban J connectivity index is 1.63. The van der Waals surface area contributed by atoms with Crippen molar-refractivity contribution in [1.29, 1.82) is 0 Å². The van der Waals surface area contributed by atoms with E-state index >= 15 is 0 Å². The molecule has 0 aliphatic carbocycles. The molecule has 0 radical (unpaired) electrons. The maximum absolute atomic E-state index is 13.4. The van der Waals surface area contributed by atoms with E-state index < -0.39 is 10.7 Å². The first-order valence-electron chi connectivity index (χ1n) is 9.04. The minimum atomic E-state index is -0.624. The molecule has 1 amide bonds. The molecule has 2 aromatic carbocycles. The van der Waals surface area contributed by atoms with Crippen molar-refractivity contribution in [3.8, 4) is 0 Å². The van der Waals surface area contributed by atoms with Gasteiger partial charge in [0.15, 0.2) is 5.17 Å². The lowest BCUT2D eigenvalue weighted by Crippen LogP contribution is -2.29. The highest BCUT2D eigenvalue weighted by atomic mass is 32.2. The van der Waals surface area contributed by atoms with Gasteiger partial charge in [-0.15, -0.1) is 0 Å². The Morgan fingerprint density at radius 3 is 2.48 bits per heavy atom. The summed E-state index contributed by atoms with van der Waals surface area (Å²) in [5, 5.41) is 12.7. The van der Waals surface area contributed by atoms with E-state index in [1.165, 1.54) is 47.4 Å². The first kappa shape index (κ1) is 20.3. The summed E-state index contributed by atoms with van der Waals surface area (Å²) in [5.74, 6) is -0.836. The van der Waals surface area contributed by atoms with Crippen LogP contribution < -0.4 is 4.90 Å². The summed E-state index contributed by atoms with van der Waals surface area (Å²) in [4.78, 5) is 29.0. The average molecular weight is 435 g/mol. The van der Waals surface area contributed by atoms with Crippen LogP contribution in [0.2, 0.25) is 0 Å². The van der Waals surface area contributed by atoms with Crippen molar-refractivity contribution in [1.82, 2.24) is 0 Å². The molecular formula is C22H14FN3O4S. The maximum atomic E-state index is 13.4. The topological polar surface area (TPSA) is 88.9 Å². The van der Waals surface area contributed by atoms with E-state index in [2.05, 4.69) is 4.99 Å². The Morgan fingerprint density at radius 2 is 1.81 bits per heavy atom. The van der Waals surface area contributed by atoms with Gasteiger partial charge in [-0.2, -0.15) is 0 Å². The number of rotatable bonds is 5. The monoisotopic (exact) mass is 435 g/mol. The number of nitrogens with zero attached hydrogens (tertiary/aromatic N) is 3. The second-order valence-electron chi connectivity index (χ2n) is 6.31. The van der Waals surface area contributed by atoms with Crippen molar-refractivity contribution < 1.29 is 18.5 Å². The summed E-state index contributed by atoms with van der Waals surface area (Å²) in [6, 6.07) is 17.5. The number of carbonyl (C=O) groups is 1. The van der Waals surface area contributed by atoms with E-state index in [1.807, 2.05) is 30.3 Å². The second kappa shape index (κ2) is 8.80. The molecule has 0 atom stereocenters. The molecule has 0 spiro atoms. The molecule has 1 aliphatic heterocycles. The molecule has 3 aromatic rings. The summed E-state index contributed by atoms with van der Waals surface area (Å²) in [7, 11) is 0. The number of amidine groups is 1. The number of amides is 1. The van der Waals surface area contributed by atoms with E-state index in [0.29, 0.717) is 10.9 Å². The van der Waals surface area contributed by atoms with Gasteiger partial charge in [0.2, 0.25) is 0 Å². The highest BCUT2D eigenvalue weighted by molar-refractivity contribution is 8.16. The molecule has 0 saturated heterocycles. The Hall–Kier alpha value is -3.98. The van der Waals surface area contributed by atoms with Gasteiger partial charge >= 0.3 is 5.88 Å². The Labute approximate surface area is 180 Å². The summed E-state index contributed by atoms with van der Waals surface area (Å²) in [5.41, 5.74) is 1.52. The molecule has 1 aliphatic rings. The fraction of sp³-hybridized carbons (Fsp3) is 0. The number of halogens is 1. The zero-order chi connectivity index (χ0) is 21.8. The molecule has 4 rings (SSSR count). The second-order valence-corrected chi connectivity index (χ2v) is 7.18. The number of carbonyl (C=O) groups excluding carboxylic acids is 1. The van der Waals surface area contributed by atoms with Gasteiger partial charge in [0.05, 0.1) is 11.8 Å². The summed E-state index contributed by atoms with van der Waals surface area (Å²) < 4.78 is 18.4. The van der Waals surface area contributed by atoms with Crippen LogP contribution in [-0.2, 0) is 4.79 Å². The SMILES string of the molecule is O=C1/C(=C/c2ccccc2)N=C(S/C=C/c2ccc([N+](=O)[O-])o2)N1c1ccc(F)cc1. The summed E-state index contributed by atoms with van der Waals surface area (Å²) in [6.45, 7) is 0. The van der Waals surface area contributed by atoms with Crippen LogP contribution in [0.25, 0.3) is 12.2 Å². The summed E-state index contributed by atoms with van der Waals surface area (Å²) in [6.07, 6.45) is 3.21. The lowest BCUT2D eigenvalue weighted by Gasteiger charge is -2.16. The molecule has 0 unspecified atom stereocenters. The van der Waals surface area contributed by atoms with Gasteiger partial charge in [-0.05, 0) is 53.5 Å². The highest BCUT2D eigenvalue weighted by Crippen LogP contribution is 2.30. The van der Waals surface area contributed by atoms with Gasteiger partial charge in [0.25, 0.3) is 5.91 Å². The minimum absolute atomic E-state index is 0.236. The van der Waals surface area contributed by atoms with Crippen LogP contribution in [0.15, 0.2) is 87.2 Å². The van der Waals surface area contributed by atoms with E-state index in [0.717, 1.165) is 17.3 Å².